The maximum atomic E-state index is 12.5. The zero-order valence-corrected chi connectivity index (χ0v) is 16.3. The summed E-state index contributed by atoms with van der Waals surface area (Å²) >= 11 is 1.90. The molecule has 134 valence electrons. The number of piperidine rings is 1. The zero-order chi connectivity index (χ0) is 17.5. The van der Waals surface area contributed by atoms with Crippen LogP contribution in [0.3, 0.4) is 0 Å². The second kappa shape index (κ2) is 9.33. The average molecular weight is 350 g/mol. The third kappa shape index (κ3) is 5.42. The fourth-order valence-corrected chi connectivity index (χ4v) is 3.56. The summed E-state index contributed by atoms with van der Waals surface area (Å²) in [4.78, 5) is 16.8. The molecule has 5 heteroatoms. The van der Waals surface area contributed by atoms with Crippen molar-refractivity contribution in [2.24, 2.45) is 0 Å². The van der Waals surface area contributed by atoms with Crippen molar-refractivity contribution >= 4 is 17.8 Å². The number of aryl methyl sites for hydroxylation is 1. The van der Waals surface area contributed by atoms with Gasteiger partial charge in [0.05, 0.1) is 0 Å². The van der Waals surface area contributed by atoms with E-state index in [9.17, 15) is 4.79 Å². The quantitative estimate of drug-likeness (QED) is 0.856. The molecule has 0 aromatic heterocycles. The van der Waals surface area contributed by atoms with Crippen molar-refractivity contribution in [2.75, 3.05) is 38.7 Å². The van der Waals surface area contributed by atoms with E-state index in [1.165, 1.54) is 22.4 Å². The number of carbonyl (C=O) groups excluding carboxylic acids is 1. The first-order chi connectivity index (χ1) is 11.5. The number of hydrogen-bond acceptors (Lipinski definition) is 3. The Morgan fingerprint density at radius 1 is 1.33 bits per heavy atom. The van der Waals surface area contributed by atoms with Gasteiger partial charge in [0.1, 0.15) is 0 Å². The molecule has 0 unspecified atom stereocenters. The van der Waals surface area contributed by atoms with E-state index in [0.29, 0.717) is 12.6 Å². The monoisotopic (exact) mass is 349 g/mol. The van der Waals surface area contributed by atoms with E-state index in [1.807, 2.05) is 18.8 Å². The molecule has 2 amide bonds. The van der Waals surface area contributed by atoms with E-state index in [4.69, 9.17) is 0 Å². The number of carbonyl (C=O) groups is 1. The second-order valence-corrected chi connectivity index (χ2v) is 7.76. The molecule has 0 aliphatic carbocycles. The Morgan fingerprint density at radius 3 is 2.71 bits per heavy atom. The fraction of sp³-hybridized carbons (Fsp3) is 0.632. The summed E-state index contributed by atoms with van der Waals surface area (Å²) in [6.07, 6.45) is 4.26. The van der Waals surface area contributed by atoms with Gasteiger partial charge < -0.3 is 15.1 Å². The van der Waals surface area contributed by atoms with Gasteiger partial charge >= 0.3 is 6.03 Å². The molecule has 4 nitrogen and oxygen atoms in total. The van der Waals surface area contributed by atoms with Crippen molar-refractivity contribution in [1.82, 2.24) is 15.1 Å². The number of hydrogen-bond donors (Lipinski definition) is 1. The van der Waals surface area contributed by atoms with Crippen LogP contribution in [-0.2, 0) is 6.54 Å². The topological polar surface area (TPSA) is 35.6 Å². The van der Waals surface area contributed by atoms with Crippen molar-refractivity contribution in [3.05, 3.63) is 34.9 Å². The Labute approximate surface area is 151 Å². The van der Waals surface area contributed by atoms with Crippen molar-refractivity contribution in [3.8, 4) is 0 Å². The molecule has 0 radical (unpaired) electrons. The van der Waals surface area contributed by atoms with Crippen LogP contribution in [0.1, 0.15) is 29.5 Å². The molecule has 0 atom stereocenters. The standard InChI is InChI=1S/C19H31N3OS/c1-15-6-5-7-17(16(15)2)14-21(3)19(23)20-18-8-10-22(11-9-18)12-13-24-4/h5-7,18H,8-14H2,1-4H3,(H,20,23). The highest BCUT2D eigenvalue weighted by atomic mass is 32.2. The van der Waals surface area contributed by atoms with Crippen molar-refractivity contribution in [3.63, 3.8) is 0 Å². The molecule has 1 fully saturated rings. The third-order valence-electron chi connectivity index (χ3n) is 5.00. The first-order valence-corrected chi connectivity index (χ1v) is 10.2. The predicted molar refractivity (Wildman–Crippen MR) is 104 cm³/mol. The maximum Gasteiger partial charge on any atom is 0.317 e. The number of benzene rings is 1. The zero-order valence-electron chi connectivity index (χ0n) is 15.5. The van der Waals surface area contributed by atoms with Crippen LogP contribution >= 0.6 is 11.8 Å². The molecule has 1 N–H and O–H groups in total. The molecule has 2 rings (SSSR count). The van der Waals surface area contributed by atoms with Gasteiger partial charge in [-0.2, -0.15) is 11.8 Å². The number of urea groups is 1. The van der Waals surface area contributed by atoms with E-state index in [2.05, 4.69) is 48.5 Å². The molecule has 0 bridgehead atoms. The van der Waals surface area contributed by atoms with Gasteiger partial charge in [0.2, 0.25) is 0 Å². The lowest BCUT2D eigenvalue weighted by Gasteiger charge is -2.33. The first kappa shape index (κ1) is 19.1. The predicted octanol–water partition coefficient (Wildman–Crippen LogP) is 3.27. The van der Waals surface area contributed by atoms with Gasteiger partial charge in [-0.3, -0.25) is 0 Å². The second-order valence-electron chi connectivity index (χ2n) is 6.77. The van der Waals surface area contributed by atoms with Crippen molar-refractivity contribution < 1.29 is 4.79 Å². The summed E-state index contributed by atoms with van der Waals surface area (Å²) in [5, 5.41) is 3.20. The first-order valence-electron chi connectivity index (χ1n) is 8.79. The SMILES string of the molecule is CSCCN1CCC(NC(=O)N(C)Cc2cccc(C)c2C)CC1. The highest BCUT2D eigenvalue weighted by molar-refractivity contribution is 7.98. The van der Waals surface area contributed by atoms with E-state index in [0.717, 1.165) is 32.5 Å². The molecular weight excluding hydrogens is 318 g/mol. The van der Waals surface area contributed by atoms with Gasteiger partial charge in [-0.25, -0.2) is 4.79 Å². The summed E-state index contributed by atoms with van der Waals surface area (Å²) < 4.78 is 0. The highest BCUT2D eigenvalue weighted by Crippen LogP contribution is 2.15. The Hall–Kier alpha value is -1.20. The minimum absolute atomic E-state index is 0.0402. The molecule has 0 saturated carbocycles. The summed E-state index contributed by atoms with van der Waals surface area (Å²) in [6, 6.07) is 6.64. The van der Waals surface area contributed by atoms with Gasteiger partial charge in [0.15, 0.2) is 0 Å². The van der Waals surface area contributed by atoms with Crippen LogP contribution in [0.4, 0.5) is 4.79 Å². The van der Waals surface area contributed by atoms with E-state index < -0.39 is 0 Å². The van der Waals surface area contributed by atoms with Crippen LogP contribution in [-0.4, -0.2) is 60.6 Å². The van der Waals surface area contributed by atoms with Gasteiger partial charge in [-0.05, 0) is 49.6 Å². The maximum absolute atomic E-state index is 12.5. The third-order valence-corrected chi connectivity index (χ3v) is 5.59. The van der Waals surface area contributed by atoms with Gasteiger partial charge in [-0.15, -0.1) is 0 Å². The van der Waals surface area contributed by atoms with E-state index in [1.54, 1.807) is 4.90 Å². The number of nitrogens with one attached hydrogen (secondary N) is 1. The molecule has 1 aromatic rings. The average Bonchev–Trinajstić information content (AvgIpc) is 2.58. The van der Waals surface area contributed by atoms with Crippen molar-refractivity contribution in [2.45, 2.75) is 39.3 Å². The Bertz CT molecular complexity index is 541. The lowest BCUT2D eigenvalue weighted by atomic mass is 10.0. The molecule has 1 aliphatic rings. The smallest absolute Gasteiger partial charge is 0.317 e. The molecular formula is C19H31N3OS. The summed E-state index contributed by atoms with van der Waals surface area (Å²) in [6.45, 7) is 8.24. The highest BCUT2D eigenvalue weighted by Gasteiger charge is 2.21. The Balaban J connectivity index is 1.79. The minimum Gasteiger partial charge on any atom is -0.335 e. The number of nitrogens with zero attached hydrogens (tertiary/aromatic N) is 2. The molecule has 1 saturated heterocycles. The Morgan fingerprint density at radius 2 is 2.04 bits per heavy atom. The van der Waals surface area contributed by atoms with Crippen LogP contribution in [0.15, 0.2) is 18.2 Å². The van der Waals surface area contributed by atoms with Crippen LogP contribution in [0, 0.1) is 13.8 Å². The summed E-state index contributed by atoms with van der Waals surface area (Å²) in [5.41, 5.74) is 3.78. The minimum atomic E-state index is 0.0402. The van der Waals surface area contributed by atoms with Crippen LogP contribution in [0.5, 0.6) is 0 Å². The van der Waals surface area contributed by atoms with E-state index >= 15 is 0 Å². The molecule has 24 heavy (non-hydrogen) atoms. The largest absolute Gasteiger partial charge is 0.335 e. The lowest BCUT2D eigenvalue weighted by Crippen LogP contribution is -2.48. The number of likely N-dealkylation sites (tertiary alicyclic amines) is 1. The van der Waals surface area contributed by atoms with Gasteiger partial charge in [0.25, 0.3) is 0 Å². The molecule has 1 aromatic carbocycles. The van der Waals surface area contributed by atoms with Crippen molar-refractivity contribution in [1.29, 1.82) is 0 Å². The van der Waals surface area contributed by atoms with Crippen LogP contribution in [0.25, 0.3) is 0 Å². The molecule has 0 spiro atoms. The number of rotatable bonds is 6. The van der Waals surface area contributed by atoms with E-state index in [-0.39, 0.29) is 6.03 Å². The lowest BCUT2D eigenvalue weighted by molar-refractivity contribution is 0.181. The molecule has 1 heterocycles. The van der Waals surface area contributed by atoms with Gasteiger partial charge in [0, 0.05) is 45.0 Å². The Kier molecular flexibility index (Phi) is 7.43. The fourth-order valence-electron chi connectivity index (χ4n) is 3.12. The molecule has 1 aliphatic heterocycles. The number of amides is 2. The van der Waals surface area contributed by atoms with Crippen LogP contribution in [0.2, 0.25) is 0 Å². The summed E-state index contributed by atoms with van der Waals surface area (Å²) in [5.74, 6) is 1.19. The summed E-state index contributed by atoms with van der Waals surface area (Å²) in [7, 11) is 1.88. The normalized spacial score (nSPS) is 16.2. The van der Waals surface area contributed by atoms with Crippen LogP contribution < -0.4 is 5.32 Å². The number of thioether (sulfide) groups is 1. The van der Waals surface area contributed by atoms with Gasteiger partial charge in [-0.1, -0.05) is 18.2 Å².